The zero-order valence-corrected chi connectivity index (χ0v) is 20.9. The summed E-state index contributed by atoms with van der Waals surface area (Å²) in [6.45, 7) is 4.07. The lowest BCUT2D eigenvalue weighted by Gasteiger charge is -2.32. The number of aryl methyl sites for hydroxylation is 1. The summed E-state index contributed by atoms with van der Waals surface area (Å²) in [5.41, 5.74) is 2.22. The number of sulfonamides is 1. The summed E-state index contributed by atoms with van der Waals surface area (Å²) in [4.78, 5) is -1.01. The Labute approximate surface area is 211 Å². The van der Waals surface area contributed by atoms with Gasteiger partial charge < -0.3 is 0 Å². The second kappa shape index (κ2) is 9.79. The fraction of sp³-hybridized carbons (Fsp3) is 0.333. The van der Waals surface area contributed by atoms with Crippen molar-refractivity contribution in [1.82, 2.24) is 4.31 Å². The van der Waals surface area contributed by atoms with Crippen LogP contribution in [0.4, 0.5) is 26.3 Å². The van der Waals surface area contributed by atoms with E-state index < -0.39 is 38.4 Å². The van der Waals surface area contributed by atoms with E-state index in [0.29, 0.717) is 12.8 Å². The summed E-state index contributed by atoms with van der Waals surface area (Å²) in [6, 6.07) is 14.5. The van der Waals surface area contributed by atoms with E-state index in [9.17, 15) is 34.8 Å². The number of hydrogen-bond acceptors (Lipinski definition) is 2. The molecule has 0 atom stereocenters. The van der Waals surface area contributed by atoms with Crippen molar-refractivity contribution in [2.75, 3.05) is 13.1 Å². The number of piperidine rings is 1. The van der Waals surface area contributed by atoms with Crippen molar-refractivity contribution in [2.24, 2.45) is 0 Å². The average molecular weight is 542 g/mol. The number of alkyl halides is 6. The van der Waals surface area contributed by atoms with E-state index in [1.165, 1.54) is 11.1 Å². The minimum atomic E-state index is -5.12. The molecular weight excluding hydrogens is 516 g/mol. The first-order valence-corrected chi connectivity index (χ1v) is 13.1. The number of rotatable bonds is 4. The van der Waals surface area contributed by atoms with E-state index in [1.807, 2.05) is 49.4 Å². The molecule has 0 aromatic heterocycles. The summed E-state index contributed by atoms with van der Waals surface area (Å²) in [7, 11) is -4.55. The van der Waals surface area contributed by atoms with Gasteiger partial charge in [0.15, 0.2) is 0 Å². The predicted molar refractivity (Wildman–Crippen MR) is 129 cm³/mol. The fourth-order valence-electron chi connectivity index (χ4n) is 4.65. The third-order valence-corrected chi connectivity index (χ3v) is 8.83. The highest BCUT2D eigenvalue weighted by atomic mass is 32.2. The van der Waals surface area contributed by atoms with Gasteiger partial charge in [-0.3, -0.25) is 0 Å². The molecule has 1 fully saturated rings. The van der Waals surface area contributed by atoms with Crippen molar-refractivity contribution < 1.29 is 34.8 Å². The molecule has 0 aliphatic carbocycles. The van der Waals surface area contributed by atoms with Crippen LogP contribution < -0.4 is 0 Å². The Kier molecular flexibility index (Phi) is 7.20. The van der Waals surface area contributed by atoms with E-state index in [2.05, 4.69) is 6.92 Å². The molecule has 1 heterocycles. The second-order valence-electron chi connectivity index (χ2n) is 9.29. The van der Waals surface area contributed by atoms with Gasteiger partial charge in [0.25, 0.3) is 0 Å². The zero-order valence-electron chi connectivity index (χ0n) is 20.1. The van der Waals surface area contributed by atoms with Crippen molar-refractivity contribution in [1.29, 1.82) is 0 Å². The second-order valence-corrected chi connectivity index (χ2v) is 11.2. The lowest BCUT2D eigenvalue weighted by molar-refractivity contribution is -0.143. The molecule has 10 heteroatoms. The summed E-state index contributed by atoms with van der Waals surface area (Å²) >= 11 is 0. The van der Waals surface area contributed by atoms with E-state index in [4.69, 9.17) is 0 Å². The van der Waals surface area contributed by atoms with Gasteiger partial charge >= 0.3 is 12.4 Å². The maximum absolute atomic E-state index is 13.2. The van der Waals surface area contributed by atoms with E-state index >= 15 is 0 Å². The Bertz CT molecular complexity index is 1360. The molecule has 0 spiro atoms. The van der Waals surface area contributed by atoms with Crippen LogP contribution in [0.5, 0.6) is 0 Å². The quantitative estimate of drug-likeness (QED) is 0.320. The monoisotopic (exact) mass is 541 g/mol. The molecular formula is C27H25F6NO2S. The van der Waals surface area contributed by atoms with Gasteiger partial charge in [0.1, 0.15) is 0 Å². The minimum absolute atomic E-state index is 0.0106. The highest BCUT2D eigenvalue weighted by Crippen LogP contribution is 2.39. The van der Waals surface area contributed by atoms with Crippen LogP contribution in [0.2, 0.25) is 0 Å². The number of benzene rings is 3. The van der Waals surface area contributed by atoms with Crippen LogP contribution in [0.15, 0.2) is 65.6 Å². The summed E-state index contributed by atoms with van der Waals surface area (Å²) in [6.07, 6.45) is -9.45. The van der Waals surface area contributed by atoms with Crippen molar-refractivity contribution in [3.8, 4) is 11.1 Å². The molecule has 3 aromatic carbocycles. The maximum Gasteiger partial charge on any atom is 0.416 e. The van der Waals surface area contributed by atoms with Crippen molar-refractivity contribution >= 4 is 10.0 Å². The standard InChI is InChI=1S/C27H25F6NO2S/c1-17-4-3-5-25(18(17)2)21-8-6-19(7-9-21)20-10-12-34(13-11-20)37(35,36)24-15-22(26(28,29)30)14-23(16-24)27(31,32)33/h3-9,14-16,20H,10-13H2,1-2H3. The Morgan fingerprint density at radius 2 is 1.32 bits per heavy atom. The van der Waals surface area contributed by atoms with Gasteiger partial charge in [-0.1, -0.05) is 42.5 Å². The molecule has 3 aromatic rings. The van der Waals surface area contributed by atoms with Crippen molar-refractivity contribution in [3.05, 3.63) is 88.5 Å². The summed E-state index contributed by atoms with van der Waals surface area (Å²) < 4.78 is 106. The van der Waals surface area contributed by atoms with Gasteiger partial charge in [0.05, 0.1) is 16.0 Å². The first-order chi connectivity index (χ1) is 17.2. The largest absolute Gasteiger partial charge is 0.416 e. The molecule has 4 rings (SSSR count). The van der Waals surface area contributed by atoms with Gasteiger partial charge in [-0.05, 0) is 78.6 Å². The number of halogens is 6. The molecule has 1 saturated heterocycles. The first-order valence-electron chi connectivity index (χ1n) is 11.6. The molecule has 1 aliphatic rings. The van der Waals surface area contributed by atoms with Crippen LogP contribution in [0.1, 0.15) is 46.6 Å². The van der Waals surface area contributed by atoms with Crippen LogP contribution in [-0.4, -0.2) is 25.8 Å². The highest BCUT2D eigenvalue weighted by molar-refractivity contribution is 7.89. The van der Waals surface area contributed by atoms with Crippen LogP contribution in [-0.2, 0) is 22.4 Å². The molecule has 1 aliphatic heterocycles. The summed E-state index contributed by atoms with van der Waals surface area (Å²) in [5.74, 6) is 0.0198. The topological polar surface area (TPSA) is 37.4 Å². The number of hydrogen-bond donors (Lipinski definition) is 0. The molecule has 0 amide bonds. The summed E-state index contributed by atoms with van der Waals surface area (Å²) in [5, 5.41) is 0. The number of nitrogens with zero attached hydrogens (tertiary/aromatic N) is 1. The zero-order chi connectivity index (χ0) is 27.2. The highest BCUT2D eigenvalue weighted by Gasteiger charge is 2.39. The average Bonchev–Trinajstić information content (AvgIpc) is 2.84. The predicted octanol–water partition coefficient (Wildman–Crippen LogP) is 7.58. The van der Waals surface area contributed by atoms with Crippen molar-refractivity contribution in [3.63, 3.8) is 0 Å². The first kappa shape index (κ1) is 27.2. The Hall–Kier alpha value is -2.85. The van der Waals surface area contributed by atoms with Gasteiger partial charge in [-0.15, -0.1) is 0 Å². The Morgan fingerprint density at radius 3 is 1.84 bits per heavy atom. The van der Waals surface area contributed by atoms with Gasteiger partial charge in [0, 0.05) is 13.1 Å². The molecule has 0 unspecified atom stereocenters. The third kappa shape index (κ3) is 5.70. The molecule has 0 bridgehead atoms. The van der Waals surface area contributed by atoms with Crippen LogP contribution in [0, 0.1) is 13.8 Å². The van der Waals surface area contributed by atoms with Gasteiger partial charge in [-0.2, -0.15) is 30.6 Å². The van der Waals surface area contributed by atoms with E-state index in [-0.39, 0.29) is 37.2 Å². The SMILES string of the molecule is Cc1cccc(-c2ccc(C3CCN(S(=O)(=O)c4cc(C(F)(F)F)cc(C(F)(F)F)c4)CC3)cc2)c1C. The fourth-order valence-corrected chi connectivity index (χ4v) is 6.19. The van der Waals surface area contributed by atoms with Crippen LogP contribution in [0.25, 0.3) is 11.1 Å². The maximum atomic E-state index is 13.2. The third-order valence-electron chi connectivity index (χ3n) is 6.95. The van der Waals surface area contributed by atoms with E-state index in [0.717, 1.165) is 21.0 Å². The molecule has 0 N–H and O–H groups in total. The Morgan fingerprint density at radius 1 is 0.784 bits per heavy atom. The minimum Gasteiger partial charge on any atom is -0.207 e. The molecule has 0 saturated carbocycles. The lowest BCUT2D eigenvalue weighted by Crippen LogP contribution is -2.38. The smallest absolute Gasteiger partial charge is 0.207 e. The van der Waals surface area contributed by atoms with Crippen LogP contribution >= 0.6 is 0 Å². The van der Waals surface area contributed by atoms with Gasteiger partial charge in [-0.25, -0.2) is 8.42 Å². The molecule has 0 radical (unpaired) electrons. The molecule has 37 heavy (non-hydrogen) atoms. The molecule has 3 nitrogen and oxygen atoms in total. The van der Waals surface area contributed by atoms with Crippen LogP contribution in [0.3, 0.4) is 0 Å². The lowest BCUT2D eigenvalue weighted by atomic mass is 9.88. The van der Waals surface area contributed by atoms with E-state index in [1.54, 1.807) is 0 Å². The molecule has 198 valence electrons. The normalized spacial score (nSPS) is 16.2. The Balaban J connectivity index is 1.52. The van der Waals surface area contributed by atoms with Gasteiger partial charge in [0.2, 0.25) is 10.0 Å². The van der Waals surface area contributed by atoms with Crippen molar-refractivity contribution in [2.45, 2.75) is 49.9 Å².